The summed E-state index contributed by atoms with van der Waals surface area (Å²) in [7, 11) is 0. The van der Waals surface area contributed by atoms with Gasteiger partial charge in [-0.2, -0.15) is 4.68 Å². The number of thiophene rings is 1. The first-order valence-corrected chi connectivity index (χ1v) is 9.64. The molecule has 3 rings (SSSR count). The van der Waals surface area contributed by atoms with Gasteiger partial charge >= 0.3 is 0 Å². The Kier molecular flexibility index (Phi) is 5.46. The number of nitrogens with zero attached hydrogens (tertiary/aromatic N) is 4. The fourth-order valence-electron chi connectivity index (χ4n) is 2.88. The van der Waals surface area contributed by atoms with Gasteiger partial charge in [-0.05, 0) is 66.4 Å². The van der Waals surface area contributed by atoms with E-state index < -0.39 is 0 Å². The topological polar surface area (TPSA) is 72.7 Å². The Morgan fingerprint density at radius 1 is 1.23 bits per heavy atom. The molecule has 6 nitrogen and oxygen atoms in total. The quantitative estimate of drug-likeness (QED) is 0.710. The molecular weight excluding hydrogens is 346 g/mol. The number of hydrogen-bond donors (Lipinski definition) is 1. The molecule has 26 heavy (non-hydrogen) atoms. The lowest BCUT2D eigenvalue weighted by molar-refractivity contribution is 0.103. The molecule has 0 unspecified atom stereocenters. The second kappa shape index (κ2) is 7.78. The molecule has 0 bridgehead atoms. The van der Waals surface area contributed by atoms with E-state index >= 15 is 0 Å². The van der Waals surface area contributed by atoms with Crippen molar-refractivity contribution >= 4 is 22.9 Å². The van der Waals surface area contributed by atoms with Crippen LogP contribution >= 0.6 is 11.3 Å². The normalized spacial score (nSPS) is 10.9. The first kappa shape index (κ1) is 18.3. The van der Waals surface area contributed by atoms with Crippen LogP contribution in [0.5, 0.6) is 0 Å². The van der Waals surface area contributed by atoms with Crippen molar-refractivity contribution in [2.45, 2.75) is 47.0 Å². The number of aryl methyl sites for hydroxylation is 4. The van der Waals surface area contributed by atoms with Crippen LogP contribution in [-0.2, 0) is 12.8 Å². The van der Waals surface area contributed by atoms with E-state index in [4.69, 9.17) is 0 Å². The lowest BCUT2D eigenvalue weighted by Gasteiger charge is -2.10. The van der Waals surface area contributed by atoms with E-state index in [9.17, 15) is 4.79 Å². The second-order valence-electron chi connectivity index (χ2n) is 6.26. The summed E-state index contributed by atoms with van der Waals surface area (Å²) in [5.74, 6) is 0.627. The molecule has 7 heteroatoms. The summed E-state index contributed by atoms with van der Waals surface area (Å²) in [5, 5.41) is 14.6. The first-order valence-electron chi connectivity index (χ1n) is 8.82. The summed E-state index contributed by atoms with van der Waals surface area (Å²) >= 11 is 1.59. The van der Waals surface area contributed by atoms with Crippen LogP contribution in [0.2, 0.25) is 0 Å². The van der Waals surface area contributed by atoms with Crippen molar-refractivity contribution in [1.29, 1.82) is 0 Å². The van der Waals surface area contributed by atoms with Gasteiger partial charge in [0.25, 0.3) is 5.91 Å². The minimum Gasteiger partial charge on any atom is -0.321 e. The van der Waals surface area contributed by atoms with Gasteiger partial charge in [-0.3, -0.25) is 4.79 Å². The van der Waals surface area contributed by atoms with Crippen LogP contribution in [0.3, 0.4) is 0 Å². The fraction of sp³-hybridized carbons (Fsp3) is 0.368. The molecule has 1 aromatic carbocycles. The van der Waals surface area contributed by atoms with Gasteiger partial charge < -0.3 is 5.32 Å². The number of tetrazole rings is 1. The van der Waals surface area contributed by atoms with Gasteiger partial charge in [0.15, 0.2) is 5.82 Å². The molecule has 0 radical (unpaired) electrons. The van der Waals surface area contributed by atoms with E-state index in [2.05, 4.69) is 34.7 Å². The Hall–Kier alpha value is -2.54. The van der Waals surface area contributed by atoms with E-state index in [0.717, 1.165) is 41.1 Å². The Balaban J connectivity index is 1.85. The number of hydrogen-bond acceptors (Lipinski definition) is 5. The zero-order valence-electron chi connectivity index (χ0n) is 15.5. The highest BCUT2D eigenvalue weighted by molar-refractivity contribution is 7.14. The van der Waals surface area contributed by atoms with Crippen molar-refractivity contribution in [3.63, 3.8) is 0 Å². The molecule has 0 aliphatic heterocycles. The number of carbonyl (C=O) groups is 1. The predicted octanol–water partition coefficient (Wildman–Crippen LogP) is 4.11. The maximum Gasteiger partial charge on any atom is 0.265 e. The Morgan fingerprint density at radius 3 is 2.69 bits per heavy atom. The van der Waals surface area contributed by atoms with E-state index in [1.54, 1.807) is 16.0 Å². The van der Waals surface area contributed by atoms with E-state index in [1.807, 2.05) is 38.1 Å². The first-order chi connectivity index (χ1) is 12.5. The predicted molar refractivity (Wildman–Crippen MR) is 104 cm³/mol. The zero-order chi connectivity index (χ0) is 18.7. The molecule has 0 saturated carbocycles. The van der Waals surface area contributed by atoms with Crippen molar-refractivity contribution in [2.75, 3.05) is 5.32 Å². The molecule has 136 valence electrons. The van der Waals surface area contributed by atoms with Crippen molar-refractivity contribution in [3.8, 4) is 5.69 Å². The minimum absolute atomic E-state index is 0.0738. The lowest BCUT2D eigenvalue weighted by Crippen LogP contribution is -2.11. The van der Waals surface area contributed by atoms with E-state index in [0.29, 0.717) is 5.82 Å². The number of rotatable bonds is 6. The Labute approximate surface area is 157 Å². The van der Waals surface area contributed by atoms with Gasteiger partial charge in [0.1, 0.15) is 0 Å². The van der Waals surface area contributed by atoms with Crippen LogP contribution in [0.25, 0.3) is 5.69 Å². The highest BCUT2D eigenvalue weighted by Crippen LogP contribution is 2.26. The molecule has 1 N–H and O–H groups in total. The molecule has 2 aromatic heterocycles. The molecule has 0 spiro atoms. The van der Waals surface area contributed by atoms with Gasteiger partial charge in [-0.1, -0.05) is 26.3 Å². The third-order valence-electron chi connectivity index (χ3n) is 4.30. The molecule has 0 aliphatic carbocycles. The molecule has 0 saturated heterocycles. The van der Waals surface area contributed by atoms with Gasteiger partial charge in [0.05, 0.1) is 10.6 Å². The number of benzene rings is 1. The van der Waals surface area contributed by atoms with Crippen LogP contribution in [-0.4, -0.2) is 26.1 Å². The van der Waals surface area contributed by atoms with Gasteiger partial charge in [-0.15, -0.1) is 16.4 Å². The summed E-state index contributed by atoms with van der Waals surface area (Å²) < 4.78 is 1.67. The Bertz CT molecular complexity index is 928. The highest BCUT2D eigenvalue weighted by atomic mass is 32.1. The largest absolute Gasteiger partial charge is 0.321 e. The molecule has 0 fully saturated rings. The SMILES string of the molecule is CCCc1sc(C(=O)Nc2ccc(C)c(-n3nnnc3C)c2)cc1CC. The molecule has 0 atom stereocenters. The Morgan fingerprint density at radius 2 is 2.04 bits per heavy atom. The monoisotopic (exact) mass is 369 g/mol. The summed E-state index contributed by atoms with van der Waals surface area (Å²) in [6.45, 7) is 8.13. The van der Waals surface area contributed by atoms with Crippen LogP contribution in [0, 0.1) is 13.8 Å². The van der Waals surface area contributed by atoms with Crippen LogP contribution in [0.4, 0.5) is 5.69 Å². The van der Waals surface area contributed by atoms with Crippen molar-refractivity contribution < 1.29 is 4.79 Å². The van der Waals surface area contributed by atoms with Crippen LogP contribution in [0.1, 0.15) is 51.8 Å². The summed E-state index contributed by atoms with van der Waals surface area (Å²) in [5.41, 5.74) is 3.90. The average molecular weight is 369 g/mol. The molecule has 1 amide bonds. The maximum atomic E-state index is 12.7. The standard InChI is InChI=1S/C19H23N5OS/c1-5-7-17-14(6-2)10-18(26-17)19(25)20-15-9-8-12(3)16(11-15)24-13(4)21-22-23-24/h8-11H,5-7H2,1-4H3,(H,20,25). The number of nitrogens with one attached hydrogen (secondary N) is 1. The smallest absolute Gasteiger partial charge is 0.265 e. The van der Waals surface area contributed by atoms with E-state index in [1.165, 1.54) is 10.4 Å². The number of carbonyl (C=O) groups excluding carboxylic acids is 1. The minimum atomic E-state index is -0.0738. The number of aromatic nitrogens is 4. The van der Waals surface area contributed by atoms with Crippen molar-refractivity contribution in [2.24, 2.45) is 0 Å². The van der Waals surface area contributed by atoms with Gasteiger partial charge in [0, 0.05) is 10.6 Å². The van der Waals surface area contributed by atoms with Gasteiger partial charge in [-0.25, -0.2) is 0 Å². The molecule has 3 aromatic rings. The summed E-state index contributed by atoms with van der Waals surface area (Å²) in [6, 6.07) is 7.78. The lowest BCUT2D eigenvalue weighted by atomic mass is 10.1. The zero-order valence-corrected chi connectivity index (χ0v) is 16.4. The van der Waals surface area contributed by atoms with Crippen LogP contribution in [0.15, 0.2) is 24.3 Å². The third kappa shape index (κ3) is 3.67. The van der Waals surface area contributed by atoms with Crippen molar-refractivity contribution in [1.82, 2.24) is 20.2 Å². The highest BCUT2D eigenvalue weighted by Gasteiger charge is 2.15. The van der Waals surface area contributed by atoms with Crippen LogP contribution < -0.4 is 5.32 Å². The van der Waals surface area contributed by atoms with Gasteiger partial charge in [0.2, 0.25) is 0 Å². The summed E-state index contributed by atoms with van der Waals surface area (Å²) in [6.07, 6.45) is 3.06. The second-order valence-corrected chi connectivity index (χ2v) is 7.39. The molecule has 2 heterocycles. The average Bonchev–Trinajstić information content (AvgIpc) is 3.23. The third-order valence-corrected chi connectivity index (χ3v) is 5.53. The summed E-state index contributed by atoms with van der Waals surface area (Å²) in [4.78, 5) is 14.8. The van der Waals surface area contributed by atoms with E-state index in [-0.39, 0.29) is 5.91 Å². The number of anilines is 1. The maximum absolute atomic E-state index is 12.7. The van der Waals surface area contributed by atoms with Crippen molar-refractivity contribution in [3.05, 3.63) is 51.0 Å². The molecular formula is C19H23N5OS. The molecule has 0 aliphatic rings. The fourth-order valence-corrected chi connectivity index (χ4v) is 4.13. The number of amides is 1.